The summed E-state index contributed by atoms with van der Waals surface area (Å²) >= 11 is 0. The number of aromatic nitrogens is 2. The van der Waals surface area contributed by atoms with Crippen molar-refractivity contribution in [2.45, 2.75) is 13.0 Å². The molecule has 0 aliphatic carbocycles. The normalized spacial score (nSPS) is 12.8. The fraction of sp³-hybridized carbons (Fsp3) is 0.231. The fourth-order valence-electron chi connectivity index (χ4n) is 2.25. The van der Waals surface area contributed by atoms with Crippen LogP contribution < -0.4 is 10.4 Å². The summed E-state index contributed by atoms with van der Waals surface area (Å²) in [5.41, 5.74) is 3.01. The van der Waals surface area contributed by atoms with Gasteiger partial charge in [0.05, 0.1) is 12.8 Å². The standard InChI is InChI=1S/C13H12N2O2/c1-17-12-8-11-10-5-3-2-4-9(10)6-7-15(11)13(16)14-12/h2-5,8H,6-7H2,1H3. The van der Waals surface area contributed by atoms with Crippen molar-refractivity contribution in [3.8, 4) is 17.1 Å². The highest BCUT2D eigenvalue weighted by atomic mass is 16.5. The molecule has 4 heteroatoms. The maximum absolute atomic E-state index is 11.8. The number of fused-ring (bicyclic) bond motifs is 3. The van der Waals surface area contributed by atoms with E-state index in [1.807, 2.05) is 24.3 Å². The smallest absolute Gasteiger partial charge is 0.351 e. The minimum atomic E-state index is -0.242. The molecule has 0 fully saturated rings. The van der Waals surface area contributed by atoms with E-state index in [2.05, 4.69) is 11.1 Å². The molecule has 3 rings (SSSR count). The monoisotopic (exact) mass is 228 g/mol. The van der Waals surface area contributed by atoms with Crippen LogP contribution in [-0.4, -0.2) is 16.7 Å². The van der Waals surface area contributed by atoms with Crippen molar-refractivity contribution in [3.63, 3.8) is 0 Å². The van der Waals surface area contributed by atoms with Gasteiger partial charge in [-0.3, -0.25) is 4.57 Å². The summed E-state index contributed by atoms with van der Waals surface area (Å²) in [6.07, 6.45) is 0.872. The molecule has 1 aromatic heterocycles. The fourth-order valence-corrected chi connectivity index (χ4v) is 2.25. The van der Waals surface area contributed by atoms with E-state index in [1.54, 1.807) is 4.57 Å². The SMILES string of the molecule is COc1cc2n(c(=O)n1)CCc1ccccc1-2. The summed E-state index contributed by atoms with van der Waals surface area (Å²) in [5, 5.41) is 0. The Balaban J connectivity index is 2.31. The van der Waals surface area contributed by atoms with Crippen molar-refractivity contribution in [1.82, 2.24) is 9.55 Å². The quantitative estimate of drug-likeness (QED) is 0.742. The Morgan fingerprint density at radius 3 is 3.00 bits per heavy atom. The van der Waals surface area contributed by atoms with Gasteiger partial charge in [-0.25, -0.2) is 4.79 Å². The van der Waals surface area contributed by atoms with Crippen molar-refractivity contribution in [3.05, 3.63) is 46.4 Å². The Kier molecular flexibility index (Phi) is 2.21. The molecular weight excluding hydrogens is 216 g/mol. The van der Waals surface area contributed by atoms with Gasteiger partial charge in [-0.05, 0) is 12.0 Å². The summed E-state index contributed by atoms with van der Waals surface area (Å²) in [4.78, 5) is 15.7. The third-order valence-corrected chi connectivity index (χ3v) is 3.09. The average Bonchev–Trinajstić information content (AvgIpc) is 2.38. The molecule has 0 bridgehead atoms. The van der Waals surface area contributed by atoms with E-state index in [0.29, 0.717) is 12.4 Å². The molecule has 0 atom stereocenters. The van der Waals surface area contributed by atoms with Crippen molar-refractivity contribution in [1.29, 1.82) is 0 Å². The van der Waals surface area contributed by atoms with Crippen LogP contribution in [0.25, 0.3) is 11.3 Å². The minimum Gasteiger partial charge on any atom is -0.481 e. The number of benzene rings is 1. The van der Waals surface area contributed by atoms with Crippen molar-refractivity contribution in [2.75, 3.05) is 7.11 Å². The van der Waals surface area contributed by atoms with Gasteiger partial charge < -0.3 is 4.74 Å². The summed E-state index contributed by atoms with van der Waals surface area (Å²) < 4.78 is 6.75. The van der Waals surface area contributed by atoms with E-state index in [9.17, 15) is 4.79 Å². The first-order valence-corrected chi connectivity index (χ1v) is 5.54. The molecule has 1 aromatic carbocycles. The highest BCUT2D eigenvalue weighted by Crippen LogP contribution is 2.28. The van der Waals surface area contributed by atoms with Crippen molar-refractivity contribution >= 4 is 0 Å². The Morgan fingerprint density at radius 1 is 1.35 bits per heavy atom. The molecule has 0 radical (unpaired) electrons. The first-order valence-electron chi connectivity index (χ1n) is 5.54. The van der Waals surface area contributed by atoms with Crippen molar-refractivity contribution in [2.24, 2.45) is 0 Å². The van der Waals surface area contributed by atoms with E-state index < -0.39 is 0 Å². The molecular formula is C13H12N2O2. The lowest BCUT2D eigenvalue weighted by atomic mass is 9.98. The molecule has 0 amide bonds. The second-order valence-corrected chi connectivity index (χ2v) is 4.03. The van der Waals surface area contributed by atoms with Crippen LogP contribution in [0.5, 0.6) is 5.88 Å². The summed E-state index contributed by atoms with van der Waals surface area (Å²) in [5.74, 6) is 0.373. The topological polar surface area (TPSA) is 44.1 Å². The lowest BCUT2D eigenvalue weighted by Gasteiger charge is -2.21. The molecule has 86 valence electrons. The number of nitrogens with zero attached hydrogens (tertiary/aromatic N) is 2. The zero-order chi connectivity index (χ0) is 11.8. The highest BCUT2D eigenvalue weighted by molar-refractivity contribution is 5.66. The predicted molar refractivity (Wildman–Crippen MR) is 64.2 cm³/mol. The minimum absolute atomic E-state index is 0.242. The third-order valence-electron chi connectivity index (χ3n) is 3.09. The zero-order valence-corrected chi connectivity index (χ0v) is 9.51. The van der Waals surface area contributed by atoms with E-state index in [4.69, 9.17) is 4.74 Å². The van der Waals surface area contributed by atoms with Crippen LogP contribution in [0.15, 0.2) is 35.1 Å². The molecule has 1 aliphatic heterocycles. The number of ether oxygens (including phenoxy) is 1. The molecule has 1 aliphatic rings. The lowest BCUT2D eigenvalue weighted by Crippen LogP contribution is -2.28. The maximum Gasteiger partial charge on any atom is 0.351 e. The zero-order valence-electron chi connectivity index (χ0n) is 9.51. The molecule has 0 unspecified atom stereocenters. The second-order valence-electron chi connectivity index (χ2n) is 4.03. The average molecular weight is 228 g/mol. The molecule has 0 N–H and O–H groups in total. The predicted octanol–water partition coefficient (Wildman–Crippen LogP) is 1.48. The number of methoxy groups -OCH3 is 1. The Labute approximate surface area is 98.5 Å². The number of rotatable bonds is 1. The first kappa shape index (κ1) is 10.1. The van der Waals surface area contributed by atoms with Gasteiger partial charge in [0.25, 0.3) is 0 Å². The van der Waals surface area contributed by atoms with E-state index in [0.717, 1.165) is 17.7 Å². The van der Waals surface area contributed by atoms with Gasteiger partial charge >= 0.3 is 5.69 Å². The second kappa shape index (κ2) is 3.73. The number of hydrogen-bond acceptors (Lipinski definition) is 3. The van der Waals surface area contributed by atoms with Gasteiger partial charge in [-0.2, -0.15) is 4.98 Å². The summed E-state index contributed by atoms with van der Waals surface area (Å²) in [6, 6.07) is 9.94. The Morgan fingerprint density at radius 2 is 2.18 bits per heavy atom. The molecule has 0 saturated carbocycles. The molecule has 0 saturated heterocycles. The van der Waals surface area contributed by atoms with Gasteiger partial charge in [0.2, 0.25) is 5.88 Å². The summed E-state index contributed by atoms with van der Waals surface area (Å²) in [6.45, 7) is 0.683. The van der Waals surface area contributed by atoms with Crippen LogP contribution in [0, 0.1) is 0 Å². The van der Waals surface area contributed by atoms with Crippen LogP contribution >= 0.6 is 0 Å². The Bertz CT molecular complexity index is 632. The van der Waals surface area contributed by atoms with Crippen LogP contribution in [0.2, 0.25) is 0 Å². The molecule has 17 heavy (non-hydrogen) atoms. The molecule has 0 spiro atoms. The lowest BCUT2D eigenvalue weighted by molar-refractivity contribution is 0.392. The van der Waals surface area contributed by atoms with Gasteiger partial charge in [0.15, 0.2) is 0 Å². The van der Waals surface area contributed by atoms with E-state index in [1.165, 1.54) is 12.7 Å². The molecule has 2 heterocycles. The van der Waals surface area contributed by atoms with Crippen LogP contribution in [0.4, 0.5) is 0 Å². The van der Waals surface area contributed by atoms with Crippen LogP contribution in [0.1, 0.15) is 5.56 Å². The molecule has 2 aromatic rings. The third kappa shape index (κ3) is 1.53. The number of aryl methyl sites for hydroxylation is 1. The van der Waals surface area contributed by atoms with Crippen molar-refractivity contribution < 1.29 is 4.74 Å². The van der Waals surface area contributed by atoms with Gasteiger partial charge in [-0.15, -0.1) is 0 Å². The number of hydrogen-bond donors (Lipinski definition) is 0. The van der Waals surface area contributed by atoms with Crippen LogP contribution in [0.3, 0.4) is 0 Å². The highest BCUT2D eigenvalue weighted by Gasteiger charge is 2.17. The van der Waals surface area contributed by atoms with Gasteiger partial charge in [0, 0.05) is 18.2 Å². The molecule has 4 nitrogen and oxygen atoms in total. The summed E-state index contributed by atoms with van der Waals surface area (Å²) in [7, 11) is 1.52. The van der Waals surface area contributed by atoms with Gasteiger partial charge in [0.1, 0.15) is 0 Å². The first-order chi connectivity index (χ1) is 8.29. The maximum atomic E-state index is 11.8. The van der Waals surface area contributed by atoms with E-state index in [-0.39, 0.29) is 5.69 Å². The van der Waals surface area contributed by atoms with Crippen LogP contribution in [-0.2, 0) is 13.0 Å². The largest absolute Gasteiger partial charge is 0.481 e. The van der Waals surface area contributed by atoms with E-state index >= 15 is 0 Å². The Hall–Kier alpha value is -2.10. The van der Waals surface area contributed by atoms with Gasteiger partial charge in [-0.1, -0.05) is 24.3 Å².